The van der Waals surface area contributed by atoms with Gasteiger partial charge < -0.3 is 5.32 Å². The SMILES string of the molecule is CCNc1cc(C(C)C)nc(-c2cc(F)cc(Br)c2)n1. The molecule has 3 nitrogen and oxygen atoms in total. The van der Waals surface area contributed by atoms with Crippen LogP contribution in [0.4, 0.5) is 10.2 Å². The summed E-state index contributed by atoms with van der Waals surface area (Å²) in [5.41, 5.74) is 1.60. The standard InChI is InChI=1S/C15H17BrFN3/c1-4-18-14-8-13(9(2)3)19-15(20-14)10-5-11(16)7-12(17)6-10/h5-9H,4H2,1-3H3,(H,18,19,20). The zero-order valence-corrected chi connectivity index (χ0v) is 13.3. The number of anilines is 1. The quantitative estimate of drug-likeness (QED) is 0.885. The fraction of sp³-hybridized carbons (Fsp3) is 0.333. The summed E-state index contributed by atoms with van der Waals surface area (Å²) in [5.74, 6) is 1.28. The van der Waals surface area contributed by atoms with Gasteiger partial charge in [0.05, 0.1) is 0 Å². The van der Waals surface area contributed by atoms with E-state index in [-0.39, 0.29) is 11.7 Å². The van der Waals surface area contributed by atoms with Crippen molar-refractivity contribution in [2.75, 3.05) is 11.9 Å². The van der Waals surface area contributed by atoms with Crippen LogP contribution in [0.1, 0.15) is 32.4 Å². The van der Waals surface area contributed by atoms with Crippen molar-refractivity contribution < 1.29 is 4.39 Å². The first-order valence-electron chi connectivity index (χ1n) is 6.59. The van der Waals surface area contributed by atoms with Crippen LogP contribution in [0.25, 0.3) is 11.4 Å². The molecule has 1 aromatic heterocycles. The van der Waals surface area contributed by atoms with Gasteiger partial charge in [0, 0.05) is 28.3 Å². The third-order valence-electron chi connectivity index (χ3n) is 2.82. The Labute approximate surface area is 126 Å². The average molecular weight is 338 g/mol. The van der Waals surface area contributed by atoms with E-state index in [9.17, 15) is 4.39 Å². The third-order valence-corrected chi connectivity index (χ3v) is 3.27. The van der Waals surface area contributed by atoms with Crippen LogP contribution in [0, 0.1) is 5.82 Å². The number of hydrogen-bond donors (Lipinski definition) is 1. The minimum Gasteiger partial charge on any atom is -0.370 e. The number of hydrogen-bond acceptors (Lipinski definition) is 3. The van der Waals surface area contributed by atoms with Gasteiger partial charge in [0.2, 0.25) is 0 Å². The molecule has 0 fully saturated rings. The van der Waals surface area contributed by atoms with Gasteiger partial charge in [0.1, 0.15) is 11.6 Å². The molecule has 0 spiro atoms. The zero-order valence-electron chi connectivity index (χ0n) is 11.7. The summed E-state index contributed by atoms with van der Waals surface area (Å²) >= 11 is 3.30. The Hall–Kier alpha value is -1.49. The Bertz CT molecular complexity index is 594. The van der Waals surface area contributed by atoms with Crippen LogP contribution in [0.2, 0.25) is 0 Å². The van der Waals surface area contributed by atoms with Gasteiger partial charge in [-0.15, -0.1) is 0 Å². The lowest BCUT2D eigenvalue weighted by Crippen LogP contribution is -2.05. The molecule has 0 aliphatic carbocycles. The van der Waals surface area contributed by atoms with Crippen molar-refractivity contribution in [1.29, 1.82) is 0 Å². The van der Waals surface area contributed by atoms with Gasteiger partial charge in [0.15, 0.2) is 5.82 Å². The summed E-state index contributed by atoms with van der Waals surface area (Å²) in [6.45, 7) is 6.93. The van der Waals surface area contributed by atoms with Crippen molar-refractivity contribution in [3.63, 3.8) is 0 Å². The van der Waals surface area contributed by atoms with Crippen LogP contribution < -0.4 is 5.32 Å². The molecular weight excluding hydrogens is 321 g/mol. The first-order valence-corrected chi connectivity index (χ1v) is 7.38. The maximum absolute atomic E-state index is 13.5. The van der Waals surface area contributed by atoms with Crippen molar-refractivity contribution in [2.45, 2.75) is 26.7 Å². The average Bonchev–Trinajstić information content (AvgIpc) is 2.37. The molecule has 2 aromatic rings. The lowest BCUT2D eigenvalue weighted by Gasteiger charge is -2.11. The van der Waals surface area contributed by atoms with Crippen molar-refractivity contribution in [2.24, 2.45) is 0 Å². The second kappa shape index (κ2) is 6.31. The van der Waals surface area contributed by atoms with Gasteiger partial charge in [-0.2, -0.15) is 0 Å². The lowest BCUT2D eigenvalue weighted by atomic mass is 10.1. The first-order chi connectivity index (χ1) is 9.49. The number of nitrogens with one attached hydrogen (secondary N) is 1. The fourth-order valence-electron chi connectivity index (χ4n) is 1.85. The Morgan fingerprint density at radius 2 is 1.95 bits per heavy atom. The molecule has 0 saturated heterocycles. The second-order valence-corrected chi connectivity index (χ2v) is 5.76. The molecule has 5 heteroatoms. The highest BCUT2D eigenvalue weighted by Gasteiger charge is 2.10. The van der Waals surface area contributed by atoms with E-state index in [1.807, 2.05) is 19.1 Å². The van der Waals surface area contributed by atoms with Crippen LogP contribution in [0.15, 0.2) is 28.7 Å². The first kappa shape index (κ1) is 14.9. The number of benzene rings is 1. The molecule has 2 rings (SSSR count). The third kappa shape index (κ3) is 3.54. The molecule has 0 atom stereocenters. The minimum absolute atomic E-state index is 0.283. The van der Waals surface area contributed by atoms with Crippen molar-refractivity contribution in [3.05, 3.63) is 40.2 Å². The molecule has 106 valence electrons. The van der Waals surface area contributed by atoms with Gasteiger partial charge in [0.25, 0.3) is 0 Å². The highest BCUT2D eigenvalue weighted by Crippen LogP contribution is 2.25. The largest absolute Gasteiger partial charge is 0.370 e. The Morgan fingerprint density at radius 1 is 1.20 bits per heavy atom. The van der Waals surface area contributed by atoms with E-state index in [0.717, 1.165) is 18.1 Å². The van der Waals surface area contributed by atoms with Crippen molar-refractivity contribution >= 4 is 21.7 Å². The van der Waals surface area contributed by atoms with E-state index < -0.39 is 0 Å². The predicted octanol–water partition coefficient (Wildman–Crippen LogP) is 4.60. The minimum atomic E-state index is -0.307. The molecule has 0 aliphatic rings. The van der Waals surface area contributed by atoms with Gasteiger partial charge in [-0.05, 0) is 31.0 Å². The molecule has 0 amide bonds. The second-order valence-electron chi connectivity index (χ2n) is 4.84. The van der Waals surface area contributed by atoms with Gasteiger partial charge in [-0.3, -0.25) is 0 Å². The van der Waals surface area contributed by atoms with E-state index in [4.69, 9.17) is 0 Å². The monoisotopic (exact) mass is 337 g/mol. The number of nitrogens with zero attached hydrogens (tertiary/aromatic N) is 2. The maximum atomic E-state index is 13.5. The number of halogens is 2. The van der Waals surface area contributed by atoms with Crippen LogP contribution in [-0.2, 0) is 0 Å². The molecule has 20 heavy (non-hydrogen) atoms. The molecule has 1 heterocycles. The number of rotatable bonds is 4. The van der Waals surface area contributed by atoms with Gasteiger partial charge in [-0.1, -0.05) is 29.8 Å². The van der Waals surface area contributed by atoms with Crippen molar-refractivity contribution in [1.82, 2.24) is 9.97 Å². The van der Waals surface area contributed by atoms with Gasteiger partial charge >= 0.3 is 0 Å². The molecule has 0 unspecified atom stereocenters. The van der Waals surface area contributed by atoms with Crippen LogP contribution >= 0.6 is 15.9 Å². The molecule has 0 bridgehead atoms. The predicted molar refractivity (Wildman–Crippen MR) is 83.4 cm³/mol. The zero-order chi connectivity index (χ0) is 14.7. The topological polar surface area (TPSA) is 37.8 Å². The van der Waals surface area contributed by atoms with Gasteiger partial charge in [-0.25, -0.2) is 14.4 Å². The summed E-state index contributed by atoms with van der Waals surface area (Å²) in [5, 5.41) is 3.19. The maximum Gasteiger partial charge on any atom is 0.161 e. The van der Waals surface area contributed by atoms with E-state index in [0.29, 0.717) is 15.9 Å². The summed E-state index contributed by atoms with van der Waals surface area (Å²) in [6.07, 6.45) is 0. The summed E-state index contributed by atoms with van der Waals surface area (Å²) in [7, 11) is 0. The molecule has 0 saturated carbocycles. The molecular formula is C15H17BrFN3. The van der Waals surface area contributed by atoms with E-state index in [1.54, 1.807) is 0 Å². The normalized spacial score (nSPS) is 10.9. The van der Waals surface area contributed by atoms with Crippen LogP contribution in [0.3, 0.4) is 0 Å². The van der Waals surface area contributed by atoms with E-state index in [1.165, 1.54) is 12.1 Å². The Balaban J connectivity index is 2.54. The van der Waals surface area contributed by atoms with Crippen molar-refractivity contribution in [3.8, 4) is 11.4 Å². The van der Waals surface area contributed by atoms with Crippen LogP contribution in [-0.4, -0.2) is 16.5 Å². The lowest BCUT2D eigenvalue weighted by molar-refractivity contribution is 0.627. The summed E-state index contributed by atoms with van der Waals surface area (Å²) in [6, 6.07) is 6.62. The molecule has 1 aromatic carbocycles. The molecule has 0 radical (unpaired) electrons. The van der Waals surface area contributed by atoms with E-state index >= 15 is 0 Å². The fourth-order valence-corrected chi connectivity index (χ4v) is 2.31. The Morgan fingerprint density at radius 3 is 2.55 bits per heavy atom. The Kier molecular flexibility index (Phi) is 4.70. The number of aromatic nitrogens is 2. The highest BCUT2D eigenvalue weighted by atomic mass is 79.9. The molecule has 0 aliphatic heterocycles. The molecule has 1 N–H and O–H groups in total. The summed E-state index contributed by atoms with van der Waals surface area (Å²) < 4.78 is 14.2. The smallest absolute Gasteiger partial charge is 0.161 e. The van der Waals surface area contributed by atoms with Crippen LogP contribution in [0.5, 0.6) is 0 Å². The summed E-state index contributed by atoms with van der Waals surface area (Å²) in [4.78, 5) is 8.98. The van der Waals surface area contributed by atoms with E-state index in [2.05, 4.69) is 45.1 Å². The highest BCUT2D eigenvalue weighted by molar-refractivity contribution is 9.10.